The van der Waals surface area contributed by atoms with Crippen molar-refractivity contribution >= 4 is 28.6 Å². The minimum Gasteiger partial charge on any atom is -0.492 e. The Hall–Kier alpha value is -3.48. The summed E-state index contributed by atoms with van der Waals surface area (Å²) in [6.07, 6.45) is 0.259. The SMILES string of the molecule is CCOc1ccccc1NC(=O)N1Cc2[nH]c3ccccc3c2CC1C(=O)O. The first-order valence-electron chi connectivity index (χ1n) is 9.19. The van der Waals surface area contributed by atoms with E-state index in [2.05, 4.69) is 10.3 Å². The van der Waals surface area contributed by atoms with Gasteiger partial charge in [-0.25, -0.2) is 9.59 Å². The minimum absolute atomic E-state index is 0.198. The van der Waals surface area contributed by atoms with Crippen molar-refractivity contribution in [2.24, 2.45) is 0 Å². The number of para-hydroxylation sites is 3. The number of benzene rings is 2. The van der Waals surface area contributed by atoms with Gasteiger partial charge in [0.1, 0.15) is 11.8 Å². The van der Waals surface area contributed by atoms with Gasteiger partial charge in [-0.05, 0) is 30.7 Å². The van der Waals surface area contributed by atoms with E-state index in [9.17, 15) is 14.7 Å². The number of aliphatic carboxylic acids is 1. The zero-order valence-corrected chi connectivity index (χ0v) is 15.4. The summed E-state index contributed by atoms with van der Waals surface area (Å²) in [5, 5.41) is 13.5. The second-order valence-corrected chi connectivity index (χ2v) is 6.67. The first-order chi connectivity index (χ1) is 13.6. The molecule has 7 nitrogen and oxygen atoms in total. The molecule has 1 aliphatic rings. The Morgan fingerprint density at radius 3 is 2.75 bits per heavy atom. The van der Waals surface area contributed by atoms with Crippen molar-refractivity contribution in [1.29, 1.82) is 0 Å². The number of carbonyl (C=O) groups excluding carboxylic acids is 1. The molecule has 0 fully saturated rings. The van der Waals surface area contributed by atoms with Crippen molar-refractivity contribution in [2.75, 3.05) is 11.9 Å². The zero-order valence-electron chi connectivity index (χ0n) is 15.4. The standard InChI is InChI=1S/C21H21N3O4/c1-2-28-19-10-6-5-9-16(19)23-21(27)24-12-17-14(11-18(24)20(25)26)13-7-3-4-8-15(13)22-17/h3-10,18,22H,2,11-12H2,1H3,(H,23,27)(H,25,26). The fourth-order valence-electron chi connectivity index (χ4n) is 3.68. The molecule has 1 aromatic heterocycles. The fraction of sp³-hybridized carbons (Fsp3) is 0.238. The molecule has 1 aliphatic heterocycles. The highest BCUT2D eigenvalue weighted by molar-refractivity contribution is 5.95. The molecule has 0 bridgehead atoms. The van der Waals surface area contributed by atoms with Crippen molar-refractivity contribution in [1.82, 2.24) is 9.88 Å². The number of carbonyl (C=O) groups is 2. The largest absolute Gasteiger partial charge is 0.492 e. The molecule has 2 aromatic carbocycles. The molecule has 1 unspecified atom stereocenters. The van der Waals surface area contributed by atoms with Crippen molar-refractivity contribution in [3.63, 3.8) is 0 Å². The maximum atomic E-state index is 12.9. The molecule has 0 saturated heterocycles. The second-order valence-electron chi connectivity index (χ2n) is 6.67. The predicted molar refractivity (Wildman–Crippen MR) is 106 cm³/mol. The van der Waals surface area contributed by atoms with Crippen LogP contribution in [0.4, 0.5) is 10.5 Å². The Kier molecular flexibility index (Phi) is 4.65. The molecule has 0 radical (unpaired) electrons. The molecule has 3 aromatic rings. The molecule has 0 spiro atoms. The quantitative estimate of drug-likeness (QED) is 0.645. The van der Waals surface area contributed by atoms with E-state index in [-0.39, 0.29) is 13.0 Å². The van der Waals surface area contributed by atoms with Crippen LogP contribution in [0.2, 0.25) is 0 Å². The summed E-state index contributed by atoms with van der Waals surface area (Å²) < 4.78 is 5.54. The number of ether oxygens (including phenoxy) is 1. The topological polar surface area (TPSA) is 94.7 Å². The highest BCUT2D eigenvalue weighted by Gasteiger charge is 2.36. The molecular weight excluding hydrogens is 358 g/mol. The van der Waals surface area contributed by atoms with E-state index in [1.54, 1.807) is 18.2 Å². The van der Waals surface area contributed by atoms with Gasteiger partial charge in [-0.2, -0.15) is 0 Å². The van der Waals surface area contributed by atoms with Crippen molar-refractivity contribution < 1.29 is 19.4 Å². The number of aromatic nitrogens is 1. The van der Waals surface area contributed by atoms with Crippen LogP contribution in [0.3, 0.4) is 0 Å². The number of H-pyrrole nitrogens is 1. The van der Waals surface area contributed by atoms with Gasteiger partial charge < -0.3 is 25.0 Å². The number of aromatic amines is 1. The van der Waals surface area contributed by atoms with Gasteiger partial charge in [-0.15, -0.1) is 0 Å². The van der Waals surface area contributed by atoms with Gasteiger partial charge in [-0.3, -0.25) is 0 Å². The summed E-state index contributed by atoms with van der Waals surface area (Å²) in [5.41, 5.74) is 3.29. The number of rotatable bonds is 4. The first kappa shape index (κ1) is 17.9. The number of hydrogen-bond acceptors (Lipinski definition) is 3. The van der Waals surface area contributed by atoms with Crippen molar-refractivity contribution in [2.45, 2.75) is 25.9 Å². The van der Waals surface area contributed by atoms with Crippen LogP contribution in [0.15, 0.2) is 48.5 Å². The Morgan fingerprint density at radius 1 is 1.21 bits per heavy atom. The third-order valence-corrected chi connectivity index (χ3v) is 4.98. The highest BCUT2D eigenvalue weighted by Crippen LogP contribution is 2.31. The maximum absolute atomic E-state index is 12.9. The van der Waals surface area contributed by atoms with Gasteiger partial charge in [0.05, 0.1) is 18.8 Å². The molecule has 0 aliphatic carbocycles. The van der Waals surface area contributed by atoms with Crippen molar-refractivity contribution in [3.05, 3.63) is 59.8 Å². The predicted octanol–water partition coefficient (Wildman–Crippen LogP) is 3.61. The summed E-state index contributed by atoms with van der Waals surface area (Å²) in [6.45, 7) is 2.53. The molecule has 2 heterocycles. The number of hydrogen-bond donors (Lipinski definition) is 3. The lowest BCUT2D eigenvalue weighted by atomic mass is 9.97. The van der Waals surface area contributed by atoms with Crippen LogP contribution in [0, 0.1) is 0 Å². The molecule has 7 heteroatoms. The van der Waals surface area contributed by atoms with Crippen LogP contribution in [0.25, 0.3) is 10.9 Å². The Morgan fingerprint density at radius 2 is 1.96 bits per heavy atom. The van der Waals surface area contributed by atoms with E-state index >= 15 is 0 Å². The summed E-state index contributed by atoms with van der Waals surface area (Å²) in [4.78, 5) is 29.5. The van der Waals surface area contributed by atoms with E-state index in [4.69, 9.17) is 4.74 Å². The summed E-state index contributed by atoms with van der Waals surface area (Å²) in [7, 11) is 0. The van der Waals surface area contributed by atoms with Gasteiger partial charge in [0, 0.05) is 23.0 Å². The molecule has 4 rings (SSSR count). The number of anilines is 1. The molecule has 28 heavy (non-hydrogen) atoms. The Labute approximate surface area is 161 Å². The van der Waals surface area contributed by atoms with Crippen LogP contribution >= 0.6 is 0 Å². The number of nitrogens with zero attached hydrogens (tertiary/aromatic N) is 1. The number of amides is 2. The molecule has 3 N–H and O–H groups in total. The van der Waals surface area contributed by atoms with Gasteiger partial charge in [0.15, 0.2) is 0 Å². The van der Waals surface area contributed by atoms with Crippen LogP contribution in [-0.2, 0) is 17.8 Å². The average Bonchev–Trinajstić information content (AvgIpc) is 3.06. The van der Waals surface area contributed by atoms with E-state index < -0.39 is 18.0 Å². The Balaban J connectivity index is 1.64. The number of carboxylic acid groups (broad SMARTS) is 1. The van der Waals surface area contributed by atoms with E-state index in [1.165, 1.54) is 4.90 Å². The van der Waals surface area contributed by atoms with Crippen LogP contribution < -0.4 is 10.1 Å². The molecule has 2 amide bonds. The van der Waals surface area contributed by atoms with Gasteiger partial charge in [0.25, 0.3) is 0 Å². The molecule has 144 valence electrons. The molecule has 1 atom stereocenters. The third kappa shape index (κ3) is 3.15. The lowest BCUT2D eigenvalue weighted by molar-refractivity contribution is -0.142. The Bertz CT molecular complexity index is 1040. The first-order valence-corrected chi connectivity index (χ1v) is 9.19. The second kappa shape index (κ2) is 7.26. The van der Waals surface area contributed by atoms with Crippen LogP contribution in [0.1, 0.15) is 18.2 Å². The number of fused-ring (bicyclic) bond motifs is 3. The maximum Gasteiger partial charge on any atom is 0.326 e. The average molecular weight is 379 g/mol. The normalized spacial score (nSPS) is 15.9. The van der Waals surface area contributed by atoms with Crippen LogP contribution in [0.5, 0.6) is 5.75 Å². The van der Waals surface area contributed by atoms with Gasteiger partial charge >= 0.3 is 12.0 Å². The number of carboxylic acids is 1. The summed E-state index contributed by atoms with van der Waals surface area (Å²) in [6, 6.07) is 13.5. The number of nitrogens with one attached hydrogen (secondary N) is 2. The third-order valence-electron chi connectivity index (χ3n) is 4.98. The fourth-order valence-corrected chi connectivity index (χ4v) is 3.68. The molecular formula is C21H21N3O4. The smallest absolute Gasteiger partial charge is 0.326 e. The van der Waals surface area contributed by atoms with Gasteiger partial charge in [0.2, 0.25) is 0 Å². The monoisotopic (exact) mass is 379 g/mol. The van der Waals surface area contributed by atoms with Crippen molar-refractivity contribution in [3.8, 4) is 5.75 Å². The van der Waals surface area contributed by atoms with E-state index in [0.29, 0.717) is 18.0 Å². The zero-order chi connectivity index (χ0) is 19.7. The lowest BCUT2D eigenvalue weighted by Gasteiger charge is -2.33. The number of urea groups is 1. The minimum atomic E-state index is -1.02. The lowest BCUT2D eigenvalue weighted by Crippen LogP contribution is -2.50. The van der Waals surface area contributed by atoms with Crippen LogP contribution in [-0.4, -0.2) is 39.6 Å². The van der Waals surface area contributed by atoms with E-state index in [1.807, 2.05) is 37.3 Å². The highest BCUT2D eigenvalue weighted by atomic mass is 16.5. The molecule has 0 saturated carbocycles. The summed E-state index contributed by atoms with van der Waals surface area (Å²) in [5.74, 6) is -0.474. The van der Waals surface area contributed by atoms with Gasteiger partial charge in [-0.1, -0.05) is 30.3 Å². The van der Waals surface area contributed by atoms with E-state index in [0.717, 1.165) is 22.2 Å². The summed E-state index contributed by atoms with van der Waals surface area (Å²) >= 11 is 0.